The first-order chi connectivity index (χ1) is 16.0. The highest BCUT2D eigenvalue weighted by molar-refractivity contribution is 9.10. The molecule has 0 spiro atoms. The standard InChI is InChI=1S/C26H20BrN2O4/c27-22-11-5-10-16-15(13-28-24(16)22)12-23(25(30)31)29-26(32)33-14-21-19-8-3-1-6-17(19)18-7-2-4-9-20(18)21/h1-11,13,21,23H,12,14H2,(H,29,32)(H,30,31)/t23-/m0/s1. The van der Waals surface area contributed by atoms with Gasteiger partial charge in [-0.25, -0.2) is 9.59 Å². The molecule has 6 nitrogen and oxygen atoms in total. The Kier molecular flexibility index (Phi) is 5.64. The normalized spacial score (nSPS) is 14.4. The number of carbonyl (C=O) groups is 2. The smallest absolute Gasteiger partial charge is 0.407 e. The summed E-state index contributed by atoms with van der Waals surface area (Å²) in [5.41, 5.74) is 6.82. The minimum Gasteiger partial charge on any atom is -0.480 e. The van der Waals surface area contributed by atoms with E-state index in [2.05, 4.69) is 38.7 Å². The molecule has 2 N–H and O–H groups in total. The Morgan fingerprint density at radius 3 is 2.27 bits per heavy atom. The molecule has 3 aromatic carbocycles. The molecule has 5 rings (SSSR count). The van der Waals surface area contributed by atoms with Gasteiger partial charge >= 0.3 is 12.1 Å². The third kappa shape index (κ3) is 4.00. The Labute approximate surface area is 199 Å². The van der Waals surface area contributed by atoms with Crippen molar-refractivity contribution in [1.29, 1.82) is 0 Å². The van der Waals surface area contributed by atoms with E-state index in [9.17, 15) is 14.7 Å². The van der Waals surface area contributed by atoms with E-state index in [0.29, 0.717) is 0 Å². The van der Waals surface area contributed by atoms with Crippen molar-refractivity contribution < 1.29 is 19.4 Å². The molecule has 1 atom stereocenters. The fourth-order valence-electron chi connectivity index (χ4n) is 4.48. The van der Waals surface area contributed by atoms with E-state index in [1.807, 2.05) is 54.6 Å². The van der Waals surface area contributed by atoms with Gasteiger partial charge in [-0.2, -0.15) is 0 Å². The van der Waals surface area contributed by atoms with Gasteiger partial charge in [0.05, 0.1) is 5.69 Å². The molecule has 0 fully saturated rings. The van der Waals surface area contributed by atoms with Crippen molar-refractivity contribution in [2.75, 3.05) is 6.61 Å². The number of nitrogens with zero attached hydrogens (tertiary/aromatic N) is 1. The number of aliphatic carboxylic acids is 1. The van der Waals surface area contributed by atoms with Crippen molar-refractivity contribution >= 4 is 39.3 Å². The summed E-state index contributed by atoms with van der Waals surface area (Å²) >= 11 is 3.45. The fourth-order valence-corrected chi connectivity index (χ4v) is 4.95. The summed E-state index contributed by atoms with van der Waals surface area (Å²) < 4.78 is 6.35. The van der Waals surface area contributed by atoms with Crippen LogP contribution in [0.15, 0.2) is 77.4 Å². The lowest BCUT2D eigenvalue weighted by Crippen LogP contribution is -2.41. The molecule has 33 heavy (non-hydrogen) atoms. The van der Waals surface area contributed by atoms with Gasteiger partial charge in [-0.05, 0) is 49.8 Å². The number of amides is 1. The molecular formula is C26H20BrN2O4. The summed E-state index contributed by atoms with van der Waals surface area (Å²) in [6.45, 7) is 0.125. The van der Waals surface area contributed by atoms with Crippen molar-refractivity contribution in [3.63, 3.8) is 0 Å². The number of benzene rings is 3. The predicted octanol–water partition coefficient (Wildman–Crippen LogP) is 5.42. The molecule has 1 aliphatic heterocycles. The zero-order valence-corrected chi connectivity index (χ0v) is 19.1. The number of ether oxygens (including phenoxy) is 1. The quantitative estimate of drug-likeness (QED) is 0.469. The first-order valence-corrected chi connectivity index (χ1v) is 11.4. The number of fused-ring (bicyclic) bond motifs is 4. The zero-order valence-electron chi connectivity index (χ0n) is 17.5. The van der Waals surface area contributed by atoms with Crippen LogP contribution in [0.5, 0.6) is 0 Å². The lowest BCUT2D eigenvalue weighted by atomic mass is 9.98. The molecule has 0 saturated carbocycles. The molecule has 1 radical (unpaired) electrons. The van der Waals surface area contributed by atoms with Crippen LogP contribution in [0.25, 0.3) is 16.7 Å². The summed E-state index contributed by atoms with van der Waals surface area (Å²) in [7, 11) is 0. The van der Waals surface area contributed by atoms with Gasteiger partial charge in [0.25, 0.3) is 0 Å². The summed E-state index contributed by atoms with van der Waals surface area (Å²) in [4.78, 5) is 24.4. The van der Waals surface area contributed by atoms with E-state index in [4.69, 9.17) is 4.74 Å². The molecule has 0 aromatic heterocycles. The number of hydrogen-bond acceptors (Lipinski definition) is 3. The molecule has 7 heteroatoms. The molecule has 0 saturated heterocycles. The molecule has 1 heterocycles. The fraction of sp³-hybridized carbons (Fsp3) is 0.154. The maximum Gasteiger partial charge on any atom is 0.407 e. The van der Waals surface area contributed by atoms with Gasteiger partial charge in [-0.15, -0.1) is 0 Å². The molecule has 1 amide bonds. The van der Waals surface area contributed by atoms with Crippen LogP contribution in [0, 0.1) is 0 Å². The Balaban J connectivity index is 1.26. The van der Waals surface area contributed by atoms with Crippen LogP contribution in [0.3, 0.4) is 0 Å². The summed E-state index contributed by atoms with van der Waals surface area (Å²) in [6.07, 6.45) is 0.992. The van der Waals surface area contributed by atoms with Gasteiger partial charge in [0.15, 0.2) is 0 Å². The third-order valence-corrected chi connectivity index (χ3v) is 6.68. The number of rotatable bonds is 6. The van der Waals surface area contributed by atoms with Crippen molar-refractivity contribution in [3.05, 3.63) is 94.1 Å². The number of carbonyl (C=O) groups excluding carboxylic acids is 1. The number of halogens is 1. The van der Waals surface area contributed by atoms with Gasteiger partial charge in [-0.3, -0.25) is 5.32 Å². The van der Waals surface area contributed by atoms with Gasteiger partial charge in [-0.1, -0.05) is 60.7 Å². The Morgan fingerprint density at radius 2 is 1.61 bits per heavy atom. The average Bonchev–Trinajstić information content (AvgIpc) is 3.37. The average molecular weight is 504 g/mol. The minimum absolute atomic E-state index is 0.0907. The van der Waals surface area contributed by atoms with Crippen LogP contribution in [0.2, 0.25) is 0 Å². The molecule has 0 unspecified atom stereocenters. The number of alkyl carbamates (subject to hydrolysis) is 1. The Bertz CT molecular complexity index is 1240. The van der Waals surface area contributed by atoms with E-state index < -0.39 is 18.1 Å². The number of carboxylic acid groups (broad SMARTS) is 1. The maximum absolute atomic E-state index is 12.6. The second-order valence-electron chi connectivity index (χ2n) is 7.98. The molecule has 165 valence electrons. The van der Waals surface area contributed by atoms with Crippen molar-refractivity contribution in [1.82, 2.24) is 10.6 Å². The van der Waals surface area contributed by atoms with E-state index in [-0.39, 0.29) is 18.9 Å². The van der Waals surface area contributed by atoms with E-state index >= 15 is 0 Å². The largest absolute Gasteiger partial charge is 0.480 e. The Morgan fingerprint density at radius 1 is 0.970 bits per heavy atom. The number of nitrogens with one attached hydrogen (secondary N) is 1. The van der Waals surface area contributed by atoms with E-state index in [0.717, 1.165) is 43.6 Å². The number of hydrogen-bond donors (Lipinski definition) is 2. The second-order valence-corrected chi connectivity index (χ2v) is 8.84. The first-order valence-electron chi connectivity index (χ1n) is 10.6. The van der Waals surface area contributed by atoms with Crippen molar-refractivity contribution in [2.24, 2.45) is 0 Å². The molecule has 0 bridgehead atoms. The van der Waals surface area contributed by atoms with Gasteiger partial charge < -0.3 is 15.2 Å². The topological polar surface area (TPSA) is 89.7 Å². The summed E-state index contributed by atoms with van der Waals surface area (Å²) in [6, 6.07) is 20.6. The van der Waals surface area contributed by atoms with E-state index in [1.54, 1.807) is 6.20 Å². The molecule has 1 aliphatic carbocycles. The minimum atomic E-state index is -1.13. The van der Waals surface area contributed by atoms with E-state index in [1.165, 1.54) is 0 Å². The first kappa shape index (κ1) is 21.3. The van der Waals surface area contributed by atoms with Crippen LogP contribution >= 0.6 is 15.9 Å². The van der Waals surface area contributed by atoms with Crippen molar-refractivity contribution in [2.45, 2.75) is 18.4 Å². The molecule has 2 aliphatic rings. The molecular weight excluding hydrogens is 484 g/mol. The highest BCUT2D eigenvalue weighted by Gasteiger charge is 2.30. The highest BCUT2D eigenvalue weighted by Crippen LogP contribution is 2.44. The van der Waals surface area contributed by atoms with Gasteiger partial charge in [0.2, 0.25) is 0 Å². The Hall–Kier alpha value is -3.58. The lowest BCUT2D eigenvalue weighted by molar-refractivity contribution is -0.139. The number of para-hydroxylation sites is 1. The third-order valence-electron chi connectivity index (χ3n) is 6.04. The summed E-state index contributed by atoms with van der Waals surface area (Å²) in [5, 5.41) is 16.6. The SMILES string of the molecule is O=C(N[C@@H](CC1=C[N]c2c(Br)cccc21)C(=O)O)OCC1c2ccccc2-c2ccccc21. The maximum atomic E-state index is 12.6. The highest BCUT2D eigenvalue weighted by atomic mass is 79.9. The molecule has 3 aromatic rings. The van der Waals surface area contributed by atoms with Crippen LogP contribution in [0.1, 0.15) is 29.0 Å². The van der Waals surface area contributed by atoms with Crippen LogP contribution in [-0.4, -0.2) is 29.8 Å². The van der Waals surface area contributed by atoms with Gasteiger partial charge in [0, 0.05) is 28.6 Å². The van der Waals surface area contributed by atoms with Crippen LogP contribution in [0.4, 0.5) is 10.5 Å². The number of carboxylic acids is 1. The second kappa shape index (κ2) is 8.75. The predicted molar refractivity (Wildman–Crippen MR) is 128 cm³/mol. The monoisotopic (exact) mass is 503 g/mol. The van der Waals surface area contributed by atoms with Crippen molar-refractivity contribution in [3.8, 4) is 11.1 Å². The lowest BCUT2D eigenvalue weighted by Gasteiger charge is -2.18. The van der Waals surface area contributed by atoms with Crippen LogP contribution < -0.4 is 10.6 Å². The zero-order chi connectivity index (χ0) is 22.9. The van der Waals surface area contributed by atoms with Crippen LogP contribution in [-0.2, 0) is 9.53 Å². The van der Waals surface area contributed by atoms with Gasteiger partial charge in [0.1, 0.15) is 12.6 Å². The summed E-state index contributed by atoms with van der Waals surface area (Å²) in [5.74, 6) is -1.22.